The van der Waals surface area contributed by atoms with Gasteiger partial charge in [0.05, 0.1) is 31.5 Å². The van der Waals surface area contributed by atoms with E-state index in [0.717, 1.165) is 17.7 Å². The van der Waals surface area contributed by atoms with Crippen molar-refractivity contribution in [2.45, 2.75) is 65.0 Å². The number of ether oxygens (including phenoxy) is 2. The fourth-order valence-corrected chi connectivity index (χ4v) is 4.38. The number of aromatic nitrogens is 2. The largest absolute Gasteiger partial charge is 0.496 e. The van der Waals surface area contributed by atoms with Crippen LogP contribution in [-0.2, 0) is 11.3 Å². The van der Waals surface area contributed by atoms with Crippen LogP contribution in [0.3, 0.4) is 0 Å². The highest BCUT2D eigenvalue weighted by Crippen LogP contribution is 2.39. The van der Waals surface area contributed by atoms with E-state index in [2.05, 4.69) is 24.3 Å². The second-order valence-corrected chi connectivity index (χ2v) is 8.86. The standard InChI is InChI=1S/C24H36N4O3/c1-16(2)15-28-19(23-20(30-3)11-8-12-21(23)31-4)14-22(27-28)26-24(29)18(25)13-17-9-6-5-7-10-17/h8,11-12,14,16-18H,5-7,9-10,13,15,25H2,1-4H3,(H,26,27,29). The van der Waals surface area contributed by atoms with Crippen LogP contribution in [0.5, 0.6) is 11.5 Å². The number of amides is 1. The third kappa shape index (κ3) is 5.79. The summed E-state index contributed by atoms with van der Waals surface area (Å²) in [6.07, 6.45) is 6.83. The molecule has 1 unspecified atom stereocenters. The SMILES string of the molecule is COc1cccc(OC)c1-c1cc(NC(=O)C(N)CC2CCCCC2)nn1CC(C)C. The summed E-state index contributed by atoms with van der Waals surface area (Å²) in [5.74, 6) is 2.61. The number of carbonyl (C=O) groups excluding carboxylic acids is 1. The zero-order chi connectivity index (χ0) is 22.4. The topological polar surface area (TPSA) is 91.4 Å². The Morgan fingerprint density at radius 2 is 1.84 bits per heavy atom. The number of hydrogen-bond donors (Lipinski definition) is 2. The van der Waals surface area contributed by atoms with Crippen molar-refractivity contribution < 1.29 is 14.3 Å². The van der Waals surface area contributed by atoms with Gasteiger partial charge in [-0.05, 0) is 30.4 Å². The lowest BCUT2D eigenvalue weighted by Gasteiger charge is -2.23. The number of nitrogens with zero attached hydrogens (tertiary/aromatic N) is 2. The molecule has 1 heterocycles. The van der Waals surface area contributed by atoms with Crippen molar-refractivity contribution in [2.75, 3.05) is 19.5 Å². The van der Waals surface area contributed by atoms with Gasteiger partial charge in [0.2, 0.25) is 5.91 Å². The van der Waals surface area contributed by atoms with Crippen LogP contribution in [0.15, 0.2) is 24.3 Å². The van der Waals surface area contributed by atoms with Crippen molar-refractivity contribution in [3.05, 3.63) is 24.3 Å². The van der Waals surface area contributed by atoms with Crippen molar-refractivity contribution in [1.29, 1.82) is 0 Å². The van der Waals surface area contributed by atoms with Gasteiger partial charge in [-0.25, -0.2) is 0 Å². The number of nitrogens with two attached hydrogens (primary N) is 1. The maximum atomic E-state index is 12.8. The fourth-order valence-electron chi connectivity index (χ4n) is 4.38. The Balaban J connectivity index is 1.84. The molecule has 1 amide bonds. The minimum absolute atomic E-state index is 0.182. The van der Waals surface area contributed by atoms with Crippen molar-refractivity contribution in [1.82, 2.24) is 9.78 Å². The molecule has 170 valence electrons. The van der Waals surface area contributed by atoms with E-state index in [1.165, 1.54) is 32.1 Å². The molecule has 7 heteroatoms. The molecule has 0 radical (unpaired) electrons. The zero-order valence-corrected chi connectivity index (χ0v) is 19.2. The van der Waals surface area contributed by atoms with Crippen LogP contribution < -0.4 is 20.5 Å². The lowest BCUT2D eigenvalue weighted by Crippen LogP contribution is -2.37. The first-order valence-corrected chi connectivity index (χ1v) is 11.3. The van der Waals surface area contributed by atoms with E-state index in [-0.39, 0.29) is 5.91 Å². The van der Waals surface area contributed by atoms with Crippen LogP contribution in [-0.4, -0.2) is 35.9 Å². The third-order valence-corrected chi connectivity index (χ3v) is 5.90. The minimum Gasteiger partial charge on any atom is -0.496 e. The fraction of sp³-hybridized carbons (Fsp3) is 0.583. The highest BCUT2D eigenvalue weighted by atomic mass is 16.5. The molecule has 0 spiro atoms. The number of hydrogen-bond acceptors (Lipinski definition) is 5. The normalized spacial score (nSPS) is 15.7. The number of methoxy groups -OCH3 is 2. The van der Waals surface area contributed by atoms with Gasteiger partial charge in [0.15, 0.2) is 5.82 Å². The van der Waals surface area contributed by atoms with Gasteiger partial charge in [-0.3, -0.25) is 9.48 Å². The van der Waals surface area contributed by atoms with E-state index >= 15 is 0 Å². The number of nitrogens with one attached hydrogen (secondary N) is 1. The van der Waals surface area contributed by atoms with E-state index in [1.807, 2.05) is 28.9 Å². The van der Waals surface area contributed by atoms with Crippen LogP contribution in [0.4, 0.5) is 5.82 Å². The summed E-state index contributed by atoms with van der Waals surface area (Å²) < 4.78 is 13.1. The molecule has 3 N–H and O–H groups in total. The highest BCUT2D eigenvalue weighted by molar-refractivity contribution is 5.94. The molecule has 1 aliphatic rings. The first-order valence-electron chi connectivity index (χ1n) is 11.3. The molecular weight excluding hydrogens is 392 g/mol. The minimum atomic E-state index is -0.525. The molecule has 31 heavy (non-hydrogen) atoms. The van der Waals surface area contributed by atoms with Crippen molar-refractivity contribution in [3.8, 4) is 22.8 Å². The summed E-state index contributed by atoms with van der Waals surface area (Å²) in [6.45, 7) is 4.95. The second kappa shape index (κ2) is 10.7. The molecule has 0 bridgehead atoms. The molecule has 7 nitrogen and oxygen atoms in total. The average molecular weight is 429 g/mol. The van der Waals surface area contributed by atoms with Crippen LogP contribution >= 0.6 is 0 Å². The summed E-state index contributed by atoms with van der Waals surface area (Å²) >= 11 is 0. The smallest absolute Gasteiger partial charge is 0.242 e. The zero-order valence-electron chi connectivity index (χ0n) is 19.2. The maximum absolute atomic E-state index is 12.8. The quantitative estimate of drug-likeness (QED) is 0.615. The summed E-state index contributed by atoms with van der Waals surface area (Å²) in [5, 5.41) is 7.60. The van der Waals surface area contributed by atoms with Crippen LogP contribution in [0.25, 0.3) is 11.3 Å². The Kier molecular flexibility index (Phi) is 7.96. The Morgan fingerprint density at radius 3 is 2.42 bits per heavy atom. The van der Waals surface area contributed by atoms with Gasteiger partial charge >= 0.3 is 0 Å². The molecule has 2 aromatic rings. The molecule has 1 aromatic heterocycles. The second-order valence-electron chi connectivity index (χ2n) is 8.86. The summed E-state index contributed by atoms with van der Waals surface area (Å²) in [6, 6.07) is 7.01. The average Bonchev–Trinajstić information content (AvgIpc) is 3.14. The highest BCUT2D eigenvalue weighted by Gasteiger charge is 2.24. The lowest BCUT2D eigenvalue weighted by atomic mass is 9.85. The van der Waals surface area contributed by atoms with E-state index in [1.54, 1.807) is 14.2 Å². The van der Waals surface area contributed by atoms with Crippen molar-refractivity contribution >= 4 is 11.7 Å². The molecule has 1 atom stereocenters. The van der Waals surface area contributed by atoms with Gasteiger partial charge in [0.25, 0.3) is 0 Å². The predicted molar refractivity (Wildman–Crippen MR) is 123 cm³/mol. The van der Waals surface area contributed by atoms with Gasteiger partial charge < -0.3 is 20.5 Å². The molecular formula is C24H36N4O3. The number of anilines is 1. The van der Waals surface area contributed by atoms with E-state index in [9.17, 15) is 4.79 Å². The number of carbonyl (C=O) groups is 1. The van der Waals surface area contributed by atoms with E-state index in [4.69, 9.17) is 15.2 Å². The number of rotatable bonds is 9. The predicted octanol–water partition coefficient (Wildman–Crippen LogP) is 4.46. The molecule has 0 aliphatic heterocycles. The Labute approximate surface area is 185 Å². The summed E-state index contributed by atoms with van der Waals surface area (Å²) in [4.78, 5) is 12.8. The Morgan fingerprint density at radius 1 is 1.19 bits per heavy atom. The molecule has 0 saturated heterocycles. The molecule has 1 aliphatic carbocycles. The number of benzene rings is 1. The first kappa shape index (κ1) is 23.1. The van der Waals surface area contributed by atoms with E-state index in [0.29, 0.717) is 35.7 Å². The van der Waals surface area contributed by atoms with Gasteiger partial charge in [-0.1, -0.05) is 52.0 Å². The third-order valence-electron chi connectivity index (χ3n) is 5.90. The Hall–Kier alpha value is -2.54. The summed E-state index contributed by atoms with van der Waals surface area (Å²) in [7, 11) is 3.27. The monoisotopic (exact) mass is 428 g/mol. The van der Waals surface area contributed by atoms with Crippen LogP contribution in [0.2, 0.25) is 0 Å². The molecule has 1 fully saturated rings. The van der Waals surface area contributed by atoms with E-state index < -0.39 is 6.04 Å². The van der Waals surface area contributed by atoms with Crippen LogP contribution in [0, 0.1) is 11.8 Å². The van der Waals surface area contributed by atoms with Crippen LogP contribution in [0.1, 0.15) is 52.4 Å². The molecule has 1 saturated carbocycles. The van der Waals surface area contributed by atoms with Gasteiger partial charge in [0, 0.05) is 12.6 Å². The van der Waals surface area contributed by atoms with Gasteiger partial charge in [-0.2, -0.15) is 5.10 Å². The molecule has 3 rings (SSSR count). The maximum Gasteiger partial charge on any atom is 0.242 e. The Bertz CT molecular complexity index is 849. The van der Waals surface area contributed by atoms with Crippen molar-refractivity contribution in [2.24, 2.45) is 17.6 Å². The molecule has 1 aromatic carbocycles. The summed E-state index contributed by atoms with van der Waals surface area (Å²) in [5.41, 5.74) is 7.88. The lowest BCUT2D eigenvalue weighted by molar-refractivity contribution is -0.117. The van der Waals surface area contributed by atoms with Gasteiger partial charge in [-0.15, -0.1) is 0 Å². The van der Waals surface area contributed by atoms with Crippen molar-refractivity contribution in [3.63, 3.8) is 0 Å². The van der Waals surface area contributed by atoms with Gasteiger partial charge in [0.1, 0.15) is 11.5 Å². The first-order chi connectivity index (χ1) is 14.9.